The van der Waals surface area contributed by atoms with E-state index >= 15 is 0 Å². The van der Waals surface area contributed by atoms with E-state index in [9.17, 15) is 29.8 Å². The Kier molecular flexibility index (Phi) is 4.41. The van der Waals surface area contributed by atoms with Crippen LogP contribution in [0.4, 0.5) is 11.4 Å². The molecular weight excluding hydrogens is 456 g/mol. The zero-order chi connectivity index (χ0) is 24.5. The average molecular weight is 474 g/mol. The Bertz CT molecular complexity index is 1330. The first kappa shape index (κ1) is 21.1. The van der Waals surface area contributed by atoms with E-state index in [0.29, 0.717) is 5.56 Å². The number of imide groups is 1. The van der Waals surface area contributed by atoms with Crippen LogP contribution >= 0.6 is 0 Å². The maximum absolute atomic E-state index is 13.0. The minimum Gasteiger partial charge on any atom is -0.450 e. The van der Waals surface area contributed by atoms with Crippen LogP contribution in [-0.2, 0) is 9.59 Å². The monoisotopic (exact) mass is 474 g/mol. The first-order valence-corrected chi connectivity index (χ1v) is 11.1. The molecule has 1 spiro atoms. The van der Waals surface area contributed by atoms with Gasteiger partial charge in [-0.15, -0.1) is 0 Å². The second kappa shape index (κ2) is 7.29. The van der Waals surface area contributed by atoms with E-state index in [1.807, 2.05) is 0 Å². The fourth-order valence-electron chi connectivity index (χ4n) is 5.90. The number of carbonyl (C=O) groups excluding carboxylic acids is 2. The van der Waals surface area contributed by atoms with Gasteiger partial charge in [0.05, 0.1) is 34.0 Å². The zero-order valence-electron chi connectivity index (χ0n) is 18.1. The minimum absolute atomic E-state index is 0.130. The lowest BCUT2D eigenvalue weighted by Crippen LogP contribution is -2.30. The summed E-state index contributed by atoms with van der Waals surface area (Å²) in [6.45, 7) is 0. The summed E-state index contributed by atoms with van der Waals surface area (Å²) < 4.78 is 5.54. The van der Waals surface area contributed by atoms with Crippen molar-refractivity contribution in [3.8, 4) is 11.5 Å². The Morgan fingerprint density at radius 2 is 1.57 bits per heavy atom. The number of fused-ring (bicyclic) bond motifs is 3. The molecule has 2 aromatic carbocycles. The first-order valence-electron chi connectivity index (χ1n) is 11.1. The highest BCUT2D eigenvalue weighted by molar-refractivity contribution is 6.07. The number of non-ortho nitro benzene ring substituents is 1. The lowest BCUT2D eigenvalue weighted by molar-refractivity contribution is -0.394. The van der Waals surface area contributed by atoms with Crippen molar-refractivity contribution in [2.45, 2.75) is 12.8 Å². The van der Waals surface area contributed by atoms with Gasteiger partial charge in [0.2, 0.25) is 5.75 Å². The van der Waals surface area contributed by atoms with Gasteiger partial charge in [-0.25, -0.2) is 0 Å². The van der Waals surface area contributed by atoms with Gasteiger partial charge in [-0.2, -0.15) is 10.1 Å². The van der Waals surface area contributed by atoms with Gasteiger partial charge < -0.3 is 4.74 Å². The highest BCUT2D eigenvalue weighted by Gasteiger charge is 2.73. The number of nitrogens with zero attached hydrogens (tertiary/aromatic N) is 4. The number of hydrazone groups is 1. The third-order valence-electron chi connectivity index (χ3n) is 7.61. The van der Waals surface area contributed by atoms with Crippen LogP contribution in [0.2, 0.25) is 0 Å². The summed E-state index contributed by atoms with van der Waals surface area (Å²) >= 11 is 0. The topological polar surface area (TPSA) is 145 Å². The predicted molar refractivity (Wildman–Crippen MR) is 120 cm³/mol. The minimum atomic E-state index is -0.754. The molecule has 2 bridgehead atoms. The predicted octanol–water partition coefficient (Wildman–Crippen LogP) is 3.83. The number of hydrogen-bond acceptors (Lipinski definition) is 8. The van der Waals surface area contributed by atoms with Crippen LogP contribution in [0.25, 0.3) is 0 Å². The van der Waals surface area contributed by atoms with E-state index in [4.69, 9.17) is 4.74 Å². The van der Waals surface area contributed by atoms with Crippen molar-refractivity contribution in [3.63, 3.8) is 0 Å². The summed E-state index contributed by atoms with van der Waals surface area (Å²) in [5.41, 5.74) is -0.224. The molecule has 176 valence electrons. The molecule has 2 amide bonds. The van der Waals surface area contributed by atoms with Gasteiger partial charge in [0.1, 0.15) is 5.75 Å². The molecule has 0 radical (unpaired) electrons. The highest BCUT2D eigenvalue weighted by Crippen LogP contribution is 2.73. The number of rotatable bonds is 6. The number of hydrogen-bond donors (Lipinski definition) is 0. The number of carbonyl (C=O) groups is 2. The summed E-state index contributed by atoms with van der Waals surface area (Å²) in [5.74, 6) is -0.730. The second-order valence-electron chi connectivity index (χ2n) is 9.29. The van der Waals surface area contributed by atoms with Crippen LogP contribution in [0, 0.1) is 49.3 Å². The van der Waals surface area contributed by atoms with Crippen molar-refractivity contribution in [2.24, 2.45) is 34.2 Å². The molecule has 3 aliphatic carbocycles. The van der Waals surface area contributed by atoms with Crippen molar-refractivity contribution < 1.29 is 24.2 Å². The Balaban J connectivity index is 1.16. The van der Waals surface area contributed by atoms with E-state index in [0.717, 1.165) is 30.0 Å². The Hall–Kier alpha value is -4.41. The van der Waals surface area contributed by atoms with E-state index in [2.05, 4.69) is 17.3 Å². The summed E-state index contributed by atoms with van der Waals surface area (Å²) in [5, 5.41) is 27.3. The third kappa shape index (κ3) is 3.07. The van der Waals surface area contributed by atoms with E-state index in [1.165, 1.54) is 24.4 Å². The first-order chi connectivity index (χ1) is 16.8. The molecule has 2 aromatic rings. The largest absolute Gasteiger partial charge is 0.450 e. The lowest BCUT2D eigenvalue weighted by atomic mass is 9.85. The molecule has 4 atom stereocenters. The summed E-state index contributed by atoms with van der Waals surface area (Å²) in [6.07, 6.45) is 7.76. The Morgan fingerprint density at radius 3 is 2.11 bits per heavy atom. The molecule has 6 rings (SSSR count). The Morgan fingerprint density at radius 1 is 0.943 bits per heavy atom. The molecule has 1 aliphatic heterocycles. The number of benzene rings is 2. The lowest BCUT2D eigenvalue weighted by Gasteiger charge is -2.18. The van der Waals surface area contributed by atoms with Crippen LogP contribution in [0.15, 0.2) is 59.7 Å². The van der Waals surface area contributed by atoms with E-state index in [1.54, 1.807) is 12.1 Å². The molecular formula is C24H18N4O7. The fraction of sp³-hybridized carbons (Fsp3) is 0.292. The maximum atomic E-state index is 13.0. The molecule has 3 fully saturated rings. The van der Waals surface area contributed by atoms with E-state index in [-0.39, 0.29) is 52.4 Å². The van der Waals surface area contributed by atoms with Gasteiger partial charge >= 0.3 is 5.69 Å². The van der Waals surface area contributed by atoms with Gasteiger partial charge in [-0.3, -0.25) is 29.8 Å². The van der Waals surface area contributed by atoms with Crippen LogP contribution in [0.3, 0.4) is 0 Å². The average Bonchev–Trinajstić information content (AvgIpc) is 3.44. The standard InChI is InChI=1S/C24H18N4O7/c29-22-20-16-6-7-17(24(16)9-10-24)21(20)23(30)26(22)25-12-13-1-4-15(5-2-13)35-19-8-3-14(27(31)32)11-18(19)28(33)34/h1-8,11-12,16-17,20-21H,9-10H2/b25-12-/t16-,17-,20-,21-/m1/s1. The molecule has 4 aliphatic rings. The smallest absolute Gasteiger partial charge is 0.318 e. The van der Waals surface area contributed by atoms with Crippen molar-refractivity contribution >= 4 is 29.4 Å². The molecule has 0 N–H and O–H groups in total. The molecule has 11 nitrogen and oxygen atoms in total. The number of allylic oxidation sites excluding steroid dienone is 2. The summed E-state index contributed by atoms with van der Waals surface area (Å²) in [4.78, 5) is 46.6. The normalized spacial score (nSPS) is 27.1. The second-order valence-corrected chi connectivity index (χ2v) is 9.29. The number of nitro groups is 2. The molecule has 0 unspecified atom stereocenters. The van der Waals surface area contributed by atoms with Crippen molar-refractivity contribution in [1.29, 1.82) is 0 Å². The summed E-state index contributed by atoms with van der Waals surface area (Å²) in [7, 11) is 0. The fourth-order valence-corrected chi connectivity index (χ4v) is 5.90. The van der Waals surface area contributed by atoms with Gasteiger partial charge in [-0.05, 0) is 66.0 Å². The zero-order valence-corrected chi connectivity index (χ0v) is 18.1. The van der Waals surface area contributed by atoms with Crippen LogP contribution in [-0.4, -0.2) is 32.9 Å². The highest BCUT2D eigenvalue weighted by atomic mass is 16.6. The molecule has 1 saturated heterocycles. The van der Waals surface area contributed by atoms with Crippen molar-refractivity contribution in [1.82, 2.24) is 5.01 Å². The number of ether oxygens (including phenoxy) is 1. The van der Waals surface area contributed by atoms with Crippen LogP contribution < -0.4 is 4.74 Å². The molecule has 11 heteroatoms. The quantitative estimate of drug-likeness (QED) is 0.203. The number of amides is 2. The third-order valence-corrected chi connectivity index (χ3v) is 7.61. The van der Waals surface area contributed by atoms with Gasteiger partial charge in [0.25, 0.3) is 17.5 Å². The molecule has 1 heterocycles. The van der Waals surface area contributed by atoms with Crippen LogP contribution in [0.1, 0.15) is 18.4 Å². The molecule has 0 aromatic heterocycles. The van der Waals surface area contributed by atoms with Gasteiger partial charge in [-0.1, -0.05) is 12.2 Å². The summed E-state index contributed by atoms with van der Waals surface area (Å²) in [6, 6.07) is 9.43. The SMILES string of the molecule is O=C1[C@H]2[C@H](C(=O)N1/N=C\c1ccc(Oc3ccc([N+](=O)[O-])cc3[N+](=O)[O-])cc1)[C@H]1C=C[C@H]2C12CC2. The molecule has 35 heavy (non-hydrogen) atoms. The molecule has 2 saturated carbocycles. The maximum Gasteiger partial charge on any atom is 0.318 e. The van der Waals surface area contributed by atoms with E-state index < -0.39 is 21.2 Å². The van der Waals surface area contributed by atoms with Gasteiger partial charge in [0, 0.05) is 6.07 Å². The van der Waals surface area contributed by atoms with Gasteiger partial charge in [0.15, 0.2) is 0 Å². The van der Waals surface area contributed by atoms with Crippen LogP contribution in [0.5, 0.6) is 11.5 Å². The van der Waals surface area contributed by atoms with Crippen molar-refractivity contribution in [3.05, 3.63) is 80.4 Å². The Labute approximate surface area is 198 Å². The number of nitro benzene ring substituents is 2. The van der Waals surface area contributed by atoms with Crippen molar-refractivity contribution in [2.75, 3.05) is 0 Å².